The van der Waals surface area contributed by atoms with E-state index in [0.29, 0.717) is 0 Å². The Morgan fingerprint density at radius 1 is 0.696 bits per heavy atom. The molecule has 0 atom stereocenters. The Balaban J connectivity index is 2.01. The van der Waals surface area contributed by atoms with E-state index < -0.39 is 0 Å². The Morgan fingerprint density at radius 3 is 2.04 bits per heavy atom. The molecule has 0 aliphatic carbocycles. The molecule has 0 fully saturated rings. The molecule has 23 heavy (non-hydrogen) atoms. The van der Waals surface area contributed by atoms with Crippen LogP contribution in [0.25, 0.3) is 21.5 Å². The van der Waals surface area contributed by atoms with E-state index in [2.05, 4.69) is 18.2 Å². The van der Waals surface area contributed by atoms with E-state index in [1.165, 1.54) is 5.39 Å². The number of carbonyl (C=O) groups is 1. The van der Waals surface area contributed by atoms with Gasteiger partial charge in [0.25, 0.3) is 0 Å². The number of benzene rings is 4. The lowest BCUT2D eigenvalue weighted by Crippen LogP contribution is -2.02. The third kappa shape index (κ3) is 2.31. The van der Waals surface area contributed by atoms with E-state index in [1.54, 1.807) is 0 Å². The van der Waals surface area contributed by atoms with Crippen molar-refractivity contribution in [3.8, 4) is 0 Å². The monoisotopic (exact) mass is 296 g/mol. The molecule has 0 amide bonds. The van der Waals surface area contributed by atoms with Crippen molar-refractivity contribution >= 4 is 27.3 Å². The van der Waals surface area contributed by atoms with Gasteiger partial charge in [-0.15, -0.1) is 0 Å². The molecule has 0 aliphatic rings. The zero-order valence-electron chi connectivity index (χ0n) is 12.9. The SMILES string of the molecule is Cc1ccc(C(=O)c2cc3ccccc3c3ccccc23)cc1. The lowest BCUT2D eigenvalue weighted by Gasteiger charge is -2.10. The molecule has 110 valence electrons. The Kier molecular flexibility index (Phi) is 3.20. The van der Waals surface area contributed by atoms with Crippen molar-refractivity contribution < 1.29 is 4.79 Å². The largest absolute Gasteiger partial charge is 0.289 e. The average molecular weight is 296 g/mol. The molecule has 0 spiro atoms. The van der Waals surface area contributed by atoms with E-state index >= 15 is 0 Å². The van der Waals surface area contributed by atoms with Crippen LogP contribution in [0.4, 0.5) is 0 Å². The molecule has 0 aliphatic heterocycles. The second-order valence-electron chi connectivity index (χ2n) is 5.89. The van der Waals surface area contributed by atoms with Gasteiger partial charge in [0.15, 0.2) is 5.78 Å². The summed E-state index contributed by atoms with van der Waals surface area (Å²) in [4.78, 5) is 13.0. The summed E-state index contributed by atoms with van der Waals surface area (Å²) >= 11 is 0. The normalized spacial score (nSPS) is 11.0. The van der Waals surface area contributed by atoms with Crippen molar-refractivity contribution in [3.05, 3.63) is 95.6 Å². The van der Waals surface area contributed by atoms with E-state index in [-0.39, 0.29) is 5.78 Å². The van der Waals surface area contributed by atoms with Crippen LogP contribution in [0.5, 0.6) is 0 Å². The fourth-order valence-corrected chi connectivity index (χ4v) is 3.10. The zero-order chi connectivity index (χ0) is 15.8. The van der Waals surface area contributed by atoms with Crippen molar-refractivity contribution in [1.29, 1.82) is 0 Å². The lowest BCUT2D eigenvalue weighted by molar-refractivity contribution is 0.104. The number of carbonyl (C=O) groups excluding carboxylic acids is 1. The second-order valence-corrected chi connectivity index (χ2v) is 5.89. The van der Waals surface area contributed by atoms with Gasteiger partial charge < -0.3 is 0 Å². The molecule has 0 saturated carbocycles. The van der Waals surface area contributed by atoms with Gasteiger partial charge in [-0.1, -0.05) is 78.4 Å². The van der Waals surface area contributed by atoms with Crippen molar-refractivity contribution in [2.75, 3.05) is 0 Å². The third-order valence-electron chi connectivity index (χ3n) is 4.33. The molecule has 0 unspecified atom stereocenters. The molecule has 4 aromatic carbocycles. The van der Waals surface area contributed by atoms with E-state index in [4.69, 9.17) is 0 Å². The first-order valence-electron chi connectivity index (χ1n) is 7.76. The van der Waals surface area contributed by atoms with Gasteiger partial charge in [-0.2, -0.15) is 0 Å². The second kappa shape index (κ2) is 5.36. The van der Waals surface area contributed by atoms with Crippen molar-refractivity contribution in [2.24, 2.45) is 0 Å². The molecule has 4 rings (SSSR count). The molecule has 0 N–H and O–H groups in total. The predicted octanol–water partition coefficient (Wildman–Crippen LogP) is 5.53. The Bertz CT molecular complexity index is 1030. The van der Waals surface area contributed by atoms with Crippen molar-refractivity contribution in [3.63, 3.8) is 0 Å². The fraction of sp³-hybridized carbons (Fsp3) is 0.0455. The van der Waals surface area contributed by atoms with Crippen LogP contribution in [-0.4, -0.2) is 5.78 Å². The average Bonchev–Trinajstić information content (AvgIpc) is 2.61. The minimum absolute atomic E-state index is 0.0759. The molecule has 1 nitrogen and oxygen atoms in total. The van der Waals surface area contributed by atoms with Crippen molar-refractivity contribution in [2.45, 2.75) is 6.92 Å². The molecule has 0 aromatic heterocycles. The highest BCUT2D eigenvalue weighted by molar-refractivity contribution is 6.22. The minimum Gasteiger partial charge on any atom is -0.289 e. The van der Waals surface area contributed by atoms with Gasteiger partial charge >= 0.3 is 0 Å². The van der Waals surface area contributed by atoms with Crippen LogP contribution in [-0.2, 0) is 0 Å². The molecule has 4 aromatic rings. The summed E-state index contributed by atoms with van der Waals surface area (Å²) in [6, 6.07) is 26.1. The van der Waals surface area contributed by atoms with Crippen LogP contribution in [0.3, 0.4) is 0 Å². The summed E-state index contributed by atoms with van der Waals surface area (Å²) in [5.41, 5.74) is 2.66. The van der Waals surface area contributed by atoms with Gasteiger partial charge in [-0.25, -0.2) is 0 Å². The highest BCUT2D eigenvalue weighted by Crippen LogP contribution is 2.30. The highest BCUT2D eigenvalue weighted by Gasteiger charge is 2.14. The first kappa shape index (κ1) is 13.7. The highest BCUT2D eigenvalue weighted by atomic mass is 16.1. The number of ketones is 1. The Morgan fingerprint density at radius 2 is 1.30 bits per heavy atom. The molecule has 1 heteroatoms. The van der Waals surface area contributed by atoms with Crippen LogP contribution >= 0.6 is 0 Å². The summed E-state index contributed by atoms with van der Waals surface area (Å²) < 4.78 is 0. The smallest absolute Gasteiger partial charge is 0.193 e. The summed E-state index contributed by atoms with van der Waals surface area (Å²) in [5.74, 6) is 0.0759. The topological polar surface area (TPSA) is 17.1 Å². The molecule has 0 radical (unpaired) electrons. The maximum absolute atomic E-state index is 13.0. The van der Waals surface area contributed by atoms with Gasteiger partial charge in [-0.05, 0) is 34.5 Å². The van der Waals surface area contributed by atoms with Crippen molar-refractivity contribution in [1.82, 2.24) is 0 Å². The number of hydrogen-bond acceptors (Lipinski definition) is 1. The van der Waals surface area contributed by atoms with E-state index in [9.17, 15) is 4.79 Å². The number of aryl methyl sites for hydroxylation is 1. The van der Waals surface area contributed by atoms with Gasteiger partial charge in [0.05, 0.1) is 0 Å². The summed E-state index contributed by atoms with van der Waals surface area (Å²) in [6.45, 7) is 2.03. The number of fused-ring (bicyclic) bond motifs is 3. The molecule has 0 bridgehead atoms. The zero-order valence-corrected chi connectivity index (χ0v) is 12.9. The molecule has 0 heterocycles. The van der Waals surface area contributed by atoms with Gasteiger partial charge in [0, 0.05) is 11.1 Å². The predicted molar refractivity (Wildman–Crippen MR) is 96.1 cm³/mol. The Hall–Kier alpha value is -2.93. The van der Waals surface area contributed by atoms with Crippen LogP contribution in [0.1, 0.15) is 21.5 Å². The van der Waals surface area contributed by atoms with Gasteiger partial charge in [0.2, 0.25) is 0 Å². The number of rotatable bonds is 2. The number of hydrogen-bond donors (Lipinski definition) is 0. The maximum Gasteiger partial charge on any atom is 0.193 e. The maximum atomic E-state index is 13.0. The first-order valence-corrected chi connectivity index (χ1v) is 7.76. The standard InChI is InChI=1S/C22H16O/c1-15-10-12-16(13-11-15)22(23)21-14-17-6-2-3-7-18(17)19-8-4-5-9-20(19)21/h2-14H,1H3. The molecular formula is C22H16O. The van der Waals surface area contributed by atoms with Gasteiger partial charge in [-0.3, -0.25) is 4.79 Å². The Labute approximate surface area is 135 Å². The fourth-order valence-electron chi connectivity index (χ4n) is 3.10. The summed E-state index contributed by atoms with van der Waals surface area (Å²) in [5, 5.41) is 4.42. The lowest BCUT2D eigenvalue weighted by atomic mass is 9.92. The van der Waals surface area contributed by atoms with Crippen LogP contribution in [0.2, 0.25) is 0 Å². The van der Waals surface area contributed by atoms with Crippen LogP contribution in [0.15, 0.2) is 78.9 Å². The van der Waals surface area contributed by atoms with Crippen LogP contribution < -0.4 is 0 Å². The van der Waals surface area contributed by atoms with E-state index in [0.717, 1.165) is 32.8 Å². The minimum atomic E-state index is 0.0759. The first-order chi connectivity index (χ1) is 11.2. The molecule has 0 saturated heterocycles. The quantitative estimate of drug-likeness (QED) is 0.351. The van der Waals surface area contributed by atoms with E-state index in [1.807, 2.05) is 67.6 Å². The molecular weight excluding hydrogens is 280 g/mol. The summed E-state index contributed by atoms with van der Waals surface area (Å²) in [6.07, 6.45) is 0. The van der Waals surface area contributed by atoms with Crippen LogP contribution in [0, 0.1) is 6.92 Å². The summed E-state index contributed by atoms with van der Waals surface area (Å²) in [7, 11) is 0. The third-order valence-corrected chi connectivity index (χ3v) is 4.33. The van der Waals surface area contributed by atoms with Gasteiger partial charge in [0.1, 0.15) is 0 Å².